The number of alkyl halides is 3. The van der Waals surface area contributed by atoms with Gasteiger partial charge in [-0.25, -0.2) is 4.98 Å². The van der Waals surface area contributed by atoms with Crippen molar-refractivity contribution in [2.24, 2.45) is 5.92 Å². The zero-order chi connectivity index (χ0) is 14.6. The highest BCUT2D eigenvalue weighted by Gasteiger charge is 2.31. The van der Waals surface area contributed by atoms with Crippen LogP contribution in [-0.4, -0.2) is 31.7 Å². The van der Waals surface area contributed by atoms with E-state index >= 15 is 0 Å². The zero-order valence-electron chi connectivity index (χ0n) is 11.6. The Labute approximate surface area is 117 Å². The Kier molecular flexibility index (Phi) is 4.86. The molecule has 0 amide bonds. The Morgan fingerprint density at radius 1 is 1.35 bits per heavy atom. The second-order valence-electron chi connectivity index (χ2n) is 5.22. The van der Waals surface area contributed by atoms with Crippen LogP contribution in [0.4, 0.5) is 19.0 Å². The molecular formula is C14H20F3N3. The van der Waals surface area contributed by atoms with E-state index in [0.717, 1.165) is 51.0 Å². The van der Waals surface area contributed by atoms with E-state index in [-0.39, 0.29) is 0 Å². The highest BCUT2D eigenvalue weighted by molar-refractivity contribution is 5.42. The van der Waals surface area contributed by atoms with E-state index < -0.39 is 11.7 Å². The minimum absolute atomic E-state index is 0.437. The third kappa shape index (κ3) is 3.85. The van der Waals surface area contributed by atoms with Gasteiger partial charge in [0.1, 0.15) is 5.82 Å². The van der Waals surface area contributed by atoms with E-state index in [9.17, 15) is 13.2 Å². The molecule has 1 fully saturated rings. The fourth-order valence-corrected chi connectivity index (χ4v) is 2.57. The van der Waals surface area contributed by atoms with Crippen molar-refractivity contribution in [1.29, 1.82) is 0 Å². The number of rotatable bonds is 4. The monoisotopic (exact) mass is 287 g/mol. The molecule has 6 heteroatoms. The summed E-state index contributed by atoms with van der Waals surface area (Å²) >= 11 is 0. The van der Waals surface area contributed by atoms with Gasteiger partial charge < -0.3 is 10.2 Å². The minimum atomic E-state index is -4.30. The first kappa shape index (κ1) is 15.1. The lowest BCUT2D eigenvalue weighted by atomic mass is 9.93. The lowest BCUT2D eigenvalue weighted by molar-refractivity contribution is -0.137. The lowest BCUT2D eigenvalue weighted by Gasteiger charge is -2.33. The molecule has 20 heavy (non-hydrogen) atoms. The van der Waals surface area contributed by atoms with Gasteiger partial charge in [0.05, 0.1) is 5.56 Å². The van der Waals surface area contributed by atoms with Gasteiger partial charge in [-0.05, 0) is 50.9 Å². The summed E-state index contributed by atoms with van der Waals surface area (Å²) in [5.74, 6) is 1.09. The van der Waals surface area contributed by atoms with Crippen LogP contribution in [0.5, 0.6) is 0 Å². The molecule has 0 unspecified atom stereocenters. The summed E-state index contributed by atoms with van der Waals surface area (Å²) in [5, 5.41) is 3.13. The highest BCUT2D eigenvalue weighted by atomic mass is 19.4. The number of hydrogen-bond acceptors (Lipinski definition) is 3. The van der Waals surface area contributed by atoms with E-state index in [1.54, 1.807) is 0 Å². The molecular weight excluding hydrogens is 267 g/mol. The summed E-state index contributed by atoms with van der Waals surface area (Å²) in [6.45, 7) is 2.55. The van der Waals surface area contributed by atoms with E-state index in [1.807, 2.05) is 11.9 Å². The van der Waals surface area contributed by atoms with Crippen LogP contribution < -0.4 is 10.2 Å². The van der Waals surface area contributed by atoms with Gasteiger partial charge in [0.25, 0.3) is 0 Å². The molecule has 3 nitrogen and oxygen atoms in total. The number of nitrogens with zero attached hydrogens (tertiary/aromatic N) is 2. The molecule has 1 N–H and O–H groups in total. The molecule has 112 valence electrons. The van der Waals surface area contributed by atoms with Gasteiger partial charge in [-0.2, -0.15) is 13.2 Å². The van der Waals surface area contributed by atoms with Crippen LogP contribution in [-0.2, 0) is 6.18 Å². The Balaban J connectivity index is 1.97. The number of hydrogen-bond donors (Lipinski definition) is 1. The van der Waals surface area contributed by atoms with E-state index in [2.05, 4.69) is 10.3 Å². The predicted octanol–water partition coefficient (Wildman–Crippen LogP) is 2.93. The maximum Gasteiger partial charge on any atom is 0.416 e. The Bertz CT molecular complexity index is 426. The first-order valence-electron chi connectivity index (χ1n) is 6.93. The molecule has 1 aliphatic heterocycles. The molecule has 0 saturated carbocycles. The summed E-state index contributed by atoms with van der Waals surface area (Å²) in [7, 11) is 1.93. The number of halogens is 3. The van der Waals surface area contributed by atoms with Gasteiger partial charge in [-0.15, -0.1) is 0 Å². The number of anilines is 1. The van der Waals surface area contributed by atoms with Gasteiger partial charge >= 0.3 is 6.18 Å². The van der Waals surface area contributed by atoms with Crippen LogP contribution in [0.1, 0.15) is 24.8 Å². The minimum Gasteiger partial charge on any atom is -0.357 e. The average molecular weight is 287 g/mol. The van der Waals surface area contributed by atoms with Gasteiger partial charge in [0, 0.05) is 19.3 Å². The van der Waals surface area contributed by atoms with Crippen molar-refractivity contribution < 1.29 is 13.2 Å². The standard InChI is InChI=1S/C14H20F3N3/c1-18-6-2-11-4-8-20(9-5-11)13-10-12(3-7-19-13)14(15,16)17/h3,7,10-11,18H,2,4-6,8-9H2,1H3. The summed E-state index contributed by atoms with van der Waals surface area (Å²) in [5.41, 5.74) is -0.625. The average Bonchev–Trinajstić information content (AvgIpc) is 2.45. The van der Waals surface area contributed by atoms with Crippen LogP contribution in [0.15, 0.2) is 18.3 Å². The van der Waals surface area contributed by atoms with Gasteiger partial charge in [-0.3, -0.25) is 0 Å². The largest absolute Gasteiger partial charge is 0.416 e. The van der Waals surface area contributed by atoms with Crippen molar-refractivity contribution in [2.45, 2.75) is 25.4 Å². The molecule has 0 radical (unpaired) electrons. The second-order valence-corrected chi connectivity index (χ2v) is 5.22. The molecule has 1 aliphatic rings. The van der Waals surface area contributed by atoms with Crippen molar-refractivity contribution in [3.63, 3.8) is 0 Å². The summed E-state index contributed by atoms with van der Waals surface area (Å²) in [4.78, 5) is 6.03. The Morgan fingerprint density at radius 2 is 2.05 bits per heavy atom. The van der Waals surface area contributed by atoms with Crippen LogP contribution in [0.3, 0.4) is 0 Å². The van der Waals surface area contributed by atoms with Crippen molar-refractivity contribution in [3.05, 3.63) is 23.9 Å². The quantitative estimate of drug-likeness (QED) is 0.923. The molecule has 0 aliphatic carbocycles. The van der Waals surface area contributed by atoms with Crippen LogP contribution in [0.25, 0.3) is 0 Å². The molecule has 0 bridgehead atoms. The first-order valence-corrected chi connectivity index (χ1v) is 6.93. The van der Waals surface area contributed by atoms with E-state index in [0.29, 0.717) is 11.7 Å². The van der Waals surface area contributed by atoms with Gasteiger partial charge in [0.15, 0.2) is 0 Å². The summed E-state index contributed by atoms with van der Waals surface area (Å²) in [6.07, 6.45) is 0.0909. The molecule has 1 saturated heterocycles. The van der Waals surface area contributed by atoms with Crippen molar-refractivity contribution in [1.82, 2.24) is 10.3 Å². The molecule has 0 atom stereocenters. The molecule has 0 spiro atoms. The van der Waals surface area contributed by atoms with E-state index in [4.69, 9.17) is 0 Å². The van der Waals surface area contributed by atoms with Gasteiger partial charge in [-0.1, -0.05) is 0 Å². The summed E-state index contributed by atoms with van der Waals surface area (Å²) in [6, 6.07) is 2.16. The Hall–Kier alpha value is -1.30. The van der Waals surface area contributed by atoms with Crippen LogP contribution >= 0.6 is 0 Å². The fourth-order valence-electron chi connectivity index (χ4n) is 2.57. The SMILES string of the molecule is CNCCC1CCN(c2cc(C(F)(F)F)ccn2)CC1. The van der Waals surface area contributed by atoms with Crippen LogP contribution in [0, 0.1) is 5.92 Å². The van der Waals surface area contributed by atoms with E-state index in [1.165, 1.54) is 6.20 Å². The lowest BCUT2D eigenvalue weighted by Crippen LogP contribution is -2.35. The van der Waals surface area contributed by atoms with Gasteiger partial charge in [0.2, 0.25) is 0 Å². The third-order valence-corrected chi connectivity index (χ3v) is 3.81. The number of pyridine rings is 1. The maximum absolute atomic E-state index is 12.7. The molecule has 2 rings (SSSR count). The normalized spacial score (nSPS) is 17.5. The third-order valence-electron chi connectivity index (χ3n) is 3.81. The maximum atomic E-state index is 12.7. The Morgan fingerprint density at radius 3 is 2.65 bits per heavy atom. The van der Waals surface area contributed by atoms with Crippen molar-refractivity contribution in [3.8, 4) is 0 Å². The van der Waals surface area contributed by atoms with Crippen LogP contribution in [0.2, 0.25) is 0 Å². The highest BCUT2D eigenvalue weighted by Crippen LogP contribution is 2.31. The molecule has 0 aromatic carbocycles. The number of aromatic nitrogens is 1. The number of nitrogens with one attached hydrogen (secondary N) is 1. The zero-order valence-corrected chi connectivity index (χ0v) is 11.6. The summed E-state index contributed by atoms with van der Waals surface area (Å²) < 4.78 is 38.0. The first-order chi connectivity index (χ1) is 9.50. The fraction of sp³-hybridized carbons (Fsp3) is 0.643. The predicted molar refractivity (Wildman–Crippen MR) is 72.7 cm³/mol. The second kappa shape index (κ2) is 6.43. The topological polar surface area (TPSA) is 28.2 Å². The molecule has 1 aromatic rings. The molecule has 1 aromatic heterocycles. The molecule has 2 heterocycles. The number of piperidine rings is 1. The smallest absolute Gasteiger partial charge is 0.357 e. The van der Waals surface area contributed by atoms with Crippen molar-refractivity contribution >= 4 is 5.82 Å². The van der Waals surface area contributed by atoms with Crippen molar-refractivity contribution in [2.75, 3.05) is 31.6 Å².